The molecule has 0 bridgehead atoms. The number of halogens is 2. The Morgan fingerprint density at radius 2 is 2.10 bits per heavy atom. The zero-order valence-corrected chi connectivity index (χ0v) is 16.5. The van der Waals surface area contributed by atoms with Gasteiger partial charge in [-0.25, -0.2) is 15.0 Å². The second-order valence-electron chi connectivity index (χ2n) is 6.62. The number of amides is 1. The summed E-state index contributed by atoms with van der Waals surface area (Å²) >= 11 is 1.07. The molecule has 0 aliphatic rings. The number of alkyl halides is 2. The number of carbonyl (C=O) groups excluding carboxylic acids is 1. The van der Waals surface area contributed by atoms with Crippen molar-refractivity contribution in [2.45, 2.75) is 33.2 Å². The topological polar surface area (TPSA) is 98.7 Å². The first kappa shape index (κ1) is 19.1. The predicted octanol–water partition coefficient (Wildman–Crippen LogP) is 4.62. The number of aromatic nitrogens is 5. The quantitative estimate of drug-likeness (QED) is 0.508. The molecule has 11 heteroatoms. The molecule has 0 unspecified atom stereocenters. The van der Waals surface area contributed by atoms with Gasteiger partial charge in [0.05, 0.1) is 27.2 Å². The van der Waals surface area contributed by atoms with Crippen molar-refractivity contribution < 1.29 is 18.1 Å². The van der Waals surface area contributed by atoms with Crippen LogP contribution in [-0.2, 0) is 0 Å². The molecule has 0 aromatic carbocycles. The average Bonchev–Trinajstić information content (AvgIpc) is 3.38. The van der Waals surface area contributed by atoms with Crippen molar-refractivity contribution >= 4 is 33.5 Å². The van der Waals surface area contributed by atoms with E-state index in [4.69, 9.17) is 4.52 Å². The molecule has 4 rings (SSSR count). The van der Waals surface area contributed by atoms with Gasteiger partial charge in [-0.2, -0.15) is 8.78 Å². The number of thiazole rings is 1. The lowest BCUT2D eigenvalue weighted by molar-refractivity contribution is 0.0720. The van der Waals surface area contributed by atoms with E-state index in [9.17, 15) is 13.6 Å². The molecule has 150 valence electrons. The number of pyridine rings is 1. The van der Waals surface area contributed by atoms with Gasteiger partial charge in [-0.3, -0.25) is 14.7 Å². The van der Waals surface area contributed by atoms with Crippen LogP contribution in [0.4, 0.5) is 13.9 Å². The summed E-state index contributed by atoms with van der Waals surface area (Å²) in [5, 5.41) is 7.63. The smallest absolute Gasteiger partial charge is 0.320 e. The zero-order chi connectivity index (χ0) is 20.7. The molecule has 4 aromatic rings. The molecule has 4 aromatic heterocycles. The van der Waals surface area contributed by atoms with Crippen LogP contribution in [-0.4, -0.2) is 30.6 Å². The summed E-state index contributed by atoms with van der Waals surface area (Å²) in [7, 11) is 0. The first-order valence-corrected chi connectivity index (χ1v) is 9.52. The summed E-state index contributed by atoms with van der Waals surface area (Å²) in [5.41, 5.74) is 1.88. The van der Waals surface area contributed by atoms with E-state index in [0.717, 1.165) is 15.9 Å². The highest BCUT2D eigenvalue weighted by Crippen LogP contribution is 2.33. The molecule has 8 nitrogen and oxygen atoms in total. The van der Waals surface area contributed by atoms with E-state index in [1.54, 1.807) is 13.0 Å². The van der Waals surface area contributed by atoms with Crippen molar-refractivity contribution in [2.75, 3.05) is 5.32 Å². The first-order valence-electron chi connectivity index (χ1n) is 8.70. The van der Waals surface area contributed by atoms with E-state index in [2.05, 4.69) is 25.4 Å². The van der Waals surface area contributed by atoms with E-state index in [1.807, 2.05) is 13.8 Å². The second-order valence-corrected chi connectivity index (χ2v) is 7.62. The number of fused-ring (bicyclic) bond motifs is 1. The molecule has 0 spiro atoms. The Kier molecular flexibility index (Phi) is 4.82. The molecule has 29 heavy (non-hydrogen) atoms. The fourth-order valence-corrected chi connectivity index (χ4v) is 3.83. The van der Waals surface area contributed by atoms with E-state index >= 15 is 0 Å². The van der Waals surface area contributed by atoms with Crippen LogP contribution in [0.25, 0.3) is 21.8 Å². The van der Waals surface area contributed by atoms with Gasteiger partial charge in [0.15, 0.2) is 11.0 Å². The zero-order valence-electron chi connectivity index (χ0n) is 15.7. The lowest BCUT2D eigenvalue weighted by Crippen LogP contribution is -2.12. The fraction of sp³-hybridized carbons (Fsp3) is 0.278. The van der Waals surface area contributed by atoms with Crippen molar-refractivity contribution in [1.82, 2.24) is 24.7 Å². The Morgan fingerprint density at radius 3 is 2.83 bits per heavy atom. The van der Waals surface area contributed by atoms with Crippen molar-refractivity contribution in [3.63, 3.8) is 0 Å². The number of carbonyl (C=O) groups is 1. The number of hydrogen-bond donors (Lipinski definition) is 1. The van der Waals surface area contributed by atoms with Crippen LogP contribution >= 0.6 is 11.3 Å². The molecule has 1 N–H and O–H groups in total. The highest BCUT2D eigenvalue weighted by molar-refractivity contribution is 7.19. The largest absolute Gasteiger partial charge is 0.336 e. The summed E-state index contributed by atoms with van der Waals surface area (Å²) in [6.07, 6.45) is 3.88. The number of aryl methyl sites for hydroxylation is 1. The van der Waals surface area contributed by atoms with Crippen LogP contribution in [0.5, 0.6) is 0 Å². The van der Waals surface area contributed by atoms with Gasteiger partial charge < -0.3 is 4.52 Å². The Hall–Kier alpha value is -3.21. The third-order valence-electron chi connectivity index (χ3n) is 4.27. The summed E-state index contributed by atoms with van der Waals surface area (Å²) in [6, 6.07) is 1.66. The monoisotopic (exact) mass is 418 g/mol. The Bertz CT molecular complexity index is 1200. The van der Waals surface area contributed by atoms with Crippen LogP contribution in [0.2, 0.25) is 0 Å². The lowest BCUT2D eigenvalue weighted by Gasteiger charge is -2.04. The molecule has 0 atom stereocenters. The molecule has 0 fully saturated rings. The number of rotatable bonds is 5. The fourth-order valence-electron chi connectivity index (χ4n) is 2.86. The van der Waals surface area contributed by atoms with Gasteiger partial charge in [0, 0.05) is 18.6 Å². The van der Waals surface area contributed by atoms with Gasteiger partial charge in [-0.05, 0) is 18.9 Å². The number of hydrogen-bond acceptors (Lipinski definition) is 7. The van der Waals surface area contributed by atoms with E-state index in [1.165, 1.54) is 18.6 Å². The highest BCUT2D eigenvalue weighted by Gasteiger charge is 2.20. The van der Waals surface area contributed by atoms with E-state index in [-0.39, 0.29) is 16.9 Å². The molecule has 1 amide bonds. The second kappa shape index (κ2) is 7.32. The summed E-state index contributed by atoms with van der Waals surface area (Å²) < 4.78 is 32.2. The number of nitrogens with zero attached hydrogens (tertiary/aromatic N) is 5. The average molecular weight is 418 g/mol. The maximum atomic E-state index is 13.1. The van der Waals surface area contributed by atoms with Crippen molar-refractivity contribution in [2.24, 2.45) is 0 Å². The highest BCUT2D eigenvalue weighted by atomic mass is 32.1. The maximum Gasteiger partial charge on any atom is 0.320 e. The van der Waals surface area contributed by atoms with Crippen molar-refractivity contribution in [1.29, 1.82) is 0 Å². The minimum absolute atomic E-state index is 0.102. The normalized spacial score (nSPS) is 11.7. The minimum atomic E-state index is -2.72. The minimum Gasteiger partial charge on any atom is -0.336 e. The molecule has 0 radical (unpaired) electrons. The molecular weight excluding hydrogens is 402 g/mol. The predicted molar refractivity (Wildman–Crippen MR) is 103 cm³/mol. The van der Waals surface area contributed by atoms with Crippen LogP contribution in [0.3, 0.4) is 0 Å². The van der Waals surface area contributed by atoms with Crippen LogP contribution in [0.15, 0.2) is 29.2 Å². The van der Waals surface area contributed by atoms with Crippen LogP contribution in [0.1, 0.15) is 48.1 Å². The molecule has 0 saturated heterocycles. The molecule has 0 aliphatic heterocycles. The molecular formula is C18H16F2N6O2S. The summed E-state index contributed by atoms with van der Waals surface area (Å²) in [4.78, 5) is 25.5. The third kappa shape index (κ3) is 3.48. The summed E-state index contributed by atoms with van der Waals surface area (Å²) in [5.74, 6) is -0.212. The molecule has 4 heterocycles. The van der Waals surface area contributed by atoms with Crippen molar-refractivity contribution in [3.05, 3.63) is 41.6 Å². The first-order chi connectivity index (χ1) is 13.8. The van der Waals surface area contributed by atoms with E-state index in [0.29, 0.717) is 32.9 Å². The van der Waals surface area contributed by atoms with Gasteiger partial charge >= 0.3 is 6.55 Å². The SMILES string of the molecule is Cc1nc(NC(=O)c2cnc3onc(C(C)C)c3c2)sc1-c1nccn1C(F)F. The lowest BCUT2D eigenvalue weighted by atomic mass is 10.1. The van der Waals surface area contributed by atoms with Gasteiger partial charge in [-0.1, -0.05) is 30.3 Å². The number of anilines is 1. The van der Waals surface area contributed by atoms with Crippen LogP contribution in [0, 0.1) is 6.92 Å². The van der Waals surface area contributed by atoms with Crippen LogP contribution < -0.4 is 5.32 Å². The van der Waals surface area contributed by atoms with E-state index < -0.39 is 12.5 Å². The van der Waals surface area contributed by atoms with Gasteiger partial charge in [0.25, 0.3) is 11.6 Å². The standard InChI is InChI=1S/C18H16F2N6O2S/c1-8(2)12-11-6-10(7-22-16(11)28-25-12)15(27)24-18-23-9(3)13(29-18)14-21-4-5-26(14)17(19)20/h4-8,17H,1-3H3,(H,23,24,27). The third-order valence-corrected chi connectivity index (χ3v) is 5.33. The Labute approximate surface area is 167 Å². The molecule has 0 aliphatic carbocycles. The molecule has 0 saturated carbocycles. The Balaban J connectivity index is 1.62. The Morgan fingerprint density at radius 1 is 1.31 bits per heavy atom. The maximum absolute atomic E-state index is 13.1. The van der Waals surface area contributed by atoms with Gasteiger partial charge in [-0.15, -0.1) is 0 Å². The number of nitrogens with one attached hydrogen (secondary N) is 1. The number of imidazole rings is 1. The van der Waals surface area contributed by atoms with Gasteiger partial charge in [0.2, 0.25) is 0 Å². The van der Waals surface area contributed by atoms with Crippen molar-refractivity contribution in [3.8, 4) is 10.7 Å². The summed E-state index contributed by atoms with van der Waals surface area (Å²) in [6.45, 7) is 2.88. The van der Waals surface area contributed by atoms with Gasteiger partial charge in [0.1, 0.15) is 0 Å².